The van der Waals surface area contributed by atoms with E-state index in [2.05, 4.69) is 52.8 Å². The molecule has 4 nitrogen and oxygen atoms in total. The van der Waals surface area contributed by atoms with Crippen LogP contribution in [0.5, 0.6) is 5.75 Å². The summed E-state index contributed by atoms with van der Waals surface area (Å²) in [5.41, 5.74) is 6.90. The zero-order valence-corrected chi connectivity index (χ0v) is 18.8. The Hall–Kier alpha value is -2.59. The smallest absolute Gasteiger partial charge is 0.328 e. The first-order valence-electron chi connectivity index (χ1n) is 10.4. The van der Waals surface area contributed by atoms with Crippen molar-refractivity contribution in [2.75, 3.05) is 13.9 Å². The molecule has 2 aromatic rings. The fourth-order valence-corrected chi connectivity index (χ4v) is 4.48. The fraction of sp³-hybridized carbons (Fsp3) is 0.423. The zero-order chi connectivity index (χ0) is 22.1. The Balaban J connectivity index is 2.32. The summed E-state index contributed by atoms with van der Waals surface area (Å²) in [7, 11) is 1.58. The zero-order valence-electron chi connectivity index (χ0n) is 18.8. The van der Waals surface area contributed by atoms with Gasteiger partial charge < -0.3 is 14.6 Å². The van der Waals surface area contributed by atoms with Gasteiger partial charge in [0.2, 0.25) is 0 Å². The molecule has 1 N–H and O–H groups in total. The lowest BCUT2D eigenvalue weighted by Crippen LogP contribution is -2.34. The lowest BCUT2D eigenvalue weighted by molar-refractivity contribution is -0.131. The van der Waals surface area contributed by atoms with Crippen molar-refractivity contribution >= 4 is 12.0 Å². The first-order valence-corrected chi connectivity index (χ1v) is 10.4. The Bertz CT molecular complexity index is 983. The van der Waals surface area contributed by atoms with Crippen LogP contribution in [0, 0.1) is 6.92 Å². The van der Waals surface area contributed by atoms with Crippen LogP contribution >= 0.6 is 0 Å². The van der Waals surface area contributed by atoms with Gasteiger partial charge in [-0.15, -0.1) is 0 Å². The second-order valence-corrected chi connectivity index (χ2v) is 9.45. The molecule has 30 heavy (non-hydrogen) atoms. The molecule has 1 aliphatic carbocycles. The summed E-state index contributed by atoms with van der Waals surface area (Å²) in [6.07, 6.45) is 4.96. The molecule has 0 heterocycles. The third-order valence-electron chi connectivity index (χ3n) is 6.13. The van der Waals surface area contributed by atoms with E-state index in [4.69, 9.17) is 14.6 Å². The number of hydrogen-bond acceptors (Lipinski definition) is 3. The minimum Gasteiger partial charge on any atom is -0.478 e. The molecule has 0 saturated heterocycles. The number of fused-ring (bicyclic) bond motifs is 1. The first kappa shape index (κ1) is 22.1. The first-order chi connectivity index (χ1) is 14.1. The van der Waals surface area contributed by atoms with Gasteiger partial charge in [0.1, 0.15) is 5.75 Å². The molecule has 0 fully saturated rings. The van der Waals surface area contributed by atoms with Crippen LogP contribution in [0.15, 0.2) is 36.4 Å². The highest BCUT2D eigenvalue weighted by molar-refractivity contribution is 5.88. The van der Waals surface area contributed by atoms with Crippen LogP contribution in [-0.2, 0) is 20.4 Å². The number of ether oxygens (including phenoxy) is 2. The van der Waals surface area contributed by atoms with Gasteiger partial charge in [-0.3, -0.25) is 0 Å². The summed E-state index contributed by atoms with van der Waals surface area (Å²) in [6, 6.07) is 10.4. The number of carbonyl (C=O) groups is 1. The fourth-order valence-electron chi connectivity index (χ4n) is 4.48. The number of rotatable bonds is 6. The molecule has 0 spiro atoms. The SMILES string of the molecule is COCOc1c(C=CC(=O)O)cccc1-c1cc(C)cc2c1C(C)(C)CCC2(C)C. The average Bonchev–Trinajstić information content (AvgIpc) is 2.67. The van der Waals surface area contributed by atoms with E-state index in [1.54, 1.807) is 13.2 Å². The predicted molar refractivity (Wildman–Crippen MR) is 121 cm³/mol. The molecule has 0 radical (unpaired) electrons. The molecule has 0 unspecified atom stereocenters. The average molecular weight is 409 g/mol. The van der Waals surface area contributed by atoms with Crippen LogP contribution in [0.1, 0.15) is 62.8 Å². The number of hydrogen-bond donors (Lipinski definition) is 1. The molecule has 0 bridgehead atoms. The molecular weight excluding hydrogens is 376 g/mol. The molecular formula is C26H32O4. The summed E-state index contributed by atoms with van der Waals surface area (Å²) < 4.78 is 11.2. The number of aliphatic carboxylic acids is 1. The molecule has 0 amide bonds. The van der Waals surface area contributed by atoms with Crippen LogP contribution < -0.4 is 4.74 Å². The van der Waals surface area contributed by atoms with Gasteiger partial charge in [0.15, 0.2) is 6.79 Å². The van der Waals surface area contributed by atoms with Gasteiger partial charge >= 0.3 is 5.97 Å². The normalized spacial score (nSPS) is 17.0. The van der Waals surface area contributed by atoms with Crippen LogP contribution in [0.2, 0.25) is 0 Å². The van der Waals surface area contributed by atoms with Crippen molar-refractivity contribution in [3.8, 4) is 16.9 Å². The van der Waals surface area contributed by atoms with Crippen LogP contribution in [0.3, 0.4) is 0 Å². The van der Waals surface area contributed by atoms with Crippen LogP contribution in [-0.4, -0.2) is 25.0 Å². The molecule has 160 valence electrons. The Morgan fingerprint density at radius 1 is 1.10 bits per heavy atom. The topological polar surface area (TPSA) is 55.8 Å². The Kier molecular flexibility index (Phi) is 6.09. The number of carboxylic acids is 1. The molecule has 0 saturated carbocycles. The maximum absolute atomic E-state index is 11.1. The Morgan fingerprint density at radius 2 is 1.80 bits per heavy atom. The highest BCUT2D eigenvalue weighted by Gasteiger charge is 2.39. The highest BCUT2D eigenvalue weighted by atomic mass is 16.7. The van der Waals surface area contributed by atoms with E-state index >= 15 is 0 Å². The van der Waals surface area contributed by atoms with Gasteiger partial charge in [-0.05, 0) is 53.4 Å². The molecule has 1 aliphatic rings. The minimum atomic E-state index is -0.992. The van der Waals surface area contributed by atoms with Gasteiger partial charge in [-0.2, -0.15) is 0 Å². The minimum absolute atomic E-state index is 0.0271. The van der Waals surface area contributed by atoms with Gasteiger partial charge in [0.05, 0.1) is 0 Å². The number of carboxylic acid groups (broad SMARTS) is 1. The van der Waals surface area contributed by atoms with E-state index in [1.807, 2.05) is 12.1 Å². The molecule has 2 aromatic carbocycles. The third-order valence-corrected chi connectivity index (χ3v) is 6.13. The number of methoxy groups -OCH3 is 1. The van der Waals surface area contributed by atoms with E-state index < -0.39 is 5.97 Å². The second-order valence-electron chi connectivity index (χ2n) is 9.45. The van der Waals surface area contributed by atoms with E-state index in [9.17, 15) is 4.79 Å². The summed E-state index contributed by atoms with van der Waals surface area (Å²) in [6.45, 7) is 11.5. The van der Waals surface area contributed by atoms with Crippen LogP contribution in [0.25, 0.3) is 17.2 Å². The second kappa shape index (κ2) is 8.27. The van der Waals surface area contributed by atoms with E-state index in [0.717, 1.165) is 35.6 Å². The van der Waals surface area contributed by atoms with Crippen molar-refractivity contribution in [3.05, 3.63) is 58.7 Å². The number of para-hydroxylation sites is 1. The monoisotopic (exact) mass is 408 g/mol. The summed E-state index contributed by atoms with van der Waals surface area (Å²) in [4.78, 5) is 11.1. The van der Waals surface area contributed by atoms with Gasteiger partial charge in [0, 0.05) is 24.3 Å². The summed E-state index contributed by atoms with van der Waals surface area (Å²) >= 11 is 0. The number of benzene rings is 2. The van der Waals surface area contributed by atoms with Crippen molar-refractivity contribution in [2.45, 2.75) is 58.3 Å². The predicted octanol–water partition coefficient (Wildman–Crippen LogP) is 6.09. The summed E-state index contributed by atoms with van der Waals surface area (Å²) in [5.74, 6) is -0.349. The largest absolute Gasteiger partial charge is 0.478 e. The van der Waals surface area contributed by atoms with Gasteiger partial charge in [0.25, 0.3) is 0 Å². The molecule has 0 atom stereocenters. The number of aryl methyl sites for hydroxylation is 1. The van der Waals surface area contributed by atoms with E-state index in [-0.39, 0.29) is 17.6 Å². The quantitative estimate of drug-likeness (QED) is 0.464. The summed E-state index contributed by atoms with van der Waals surface area (Å²) in [5, 5.41) is 9.10. The lowest BCUT2D eigenvalue weighted by atomic mass is 9.61. The highest BCUT2D eigenvalue weighted by Crippen LogP contribution is 2.51. The third kappa shape index (κ3) is 4.29. The lowest BCUT2D eigenvalue weighted by Gasteiger charge is -2.43. The molecule has 0 aliphatic heterocycles. The standard InChI is InChI=1S/C26H32O4/c1-17-14-20(23-21(15-17)25(2,3)12-13-26(23,4)5)19-9-7-8-18(10-11-22(27)28)24(19)30-16-29-6/h7-11,14-15H,12-13,16H2,1-6H3,(H,27,28). The Morgan fingerprint density at radius 3 is 2.47 bits per heavy atom. The van der Waals surface area contributed by atoms with Crippen molar-refractivity contribution in [1.82, 2.24) is 0 Å². The van der Waals surface area contributed by atoms with Crippen molar-refractivity contribution < 1.29 is 19.4 Å². The van der Waals surface area contributed by atoms with Gasteiger partial charge in [-0.1, -0.05) is 63.6 Å². The molecule has 3 rings (SSSR count). The van der Waals surface area contributed by atoms with Crippen molar-refractivity contribution in [3.63, 3.8) is 0 Å². The maximum Gasteiger partial charge on any atom is 0.328 e. The van der Waals surface area contributed by atoms with E-state index in [0.29, 0.717) is 5.75 Å². The van der Waals surface area contributed by atoms with Crippen LogP contribution in [0.4, 0.5) is 0 Å². The van der Waals surface area contributed by atoms with Gasteiger partial charge in [-0.25, -0.2) is 4.79 Å². The van der Waals surface area contributed by atoms with E-state index in [1.165, 1.54) is 16.7 Å². The van der Waals surface area contributed by atoms with Crippen molar-refractivity contribution in [2.24, 2.45) is 0 Å². The molecule has 0 aromatic heterocycles. The van der Waals surface area contributed by atoms with Crippen molar-refractivity contribution in [1.29, 1.82) is 0 Å². The molecule has 4 heteroatoms. The maximum atomic E-state index is 11.1. The Labute approximate surface area is 179 Å².